The smallest absolute Gasteiger partial charge is 0.308 e. The molecule has 0 saturated carbocycles. The van der Waals surface area contributed by atoms with Gasteiger partial charge in [-0.3, -0.25) is 9.59 Å². The molecule has 5 heteroatoms. The molecule has 76 valence electrons. The molecule has 1 atom stereocenters. The predicted molar refractivity (Wildman–Crippen MR) is 47.2 cm³/mol. The Hall–Kier alpha value is -1.57. The number of hydrogen-bond donors (Lipinski definition) is 1. The summed E-state index contributed by atoms with van der Waals surface area (Å²) in [5.74, 6) is -1.60. The number of unbranched alkanes of at least 4 members (excludes halogenated alkanes) is 1. The van der Waals surface area contributed by atoms with Gasteiger partial charge in [0.15, 0.2) is 0 Å². The lowest BCUT2D eigenvalue weighted by Gasteiger charge is -2.14. The molecule has 0 aromatic carbocycles. The maximum atomic E-state index is 11.3. The molecule has 1 unspecified atom stereocenters. The maximum absolute atomic E-state index is 11.3. The van der Waals surface area contributed by atoms with Gasteiger partial charge in [0.1, 0.15) is 0 Å². The predicted octanol–water partition coefficient (Wildman–Crippen LogP) is 0.223. The van der Waals surface area contributed by atoms with Crippen molar-refractivity contribution in [3.8, 4) is 6.07 Å². The topological polar surface area (TPSA) is 81.4 Å². The van der Waals surface area contributed by atoms with E-state index in [0.29, 0.717) is 25.9 Å². The number of carbonyl (C=O) groups is 2. The number of nitriles is 1. The van der Waals surface area contributed by atoms with Crippen molar-refractivity contribution in [3.05, 3.63) is 0 Å². The number of nitrogens with zero attached hydrogens (tertiary/aromatic N) is 2. The fourth-order valence-electron chi connectivity index (χ4n) is 1.50. The molecule has 1 rings (SSSR count). The number of rotatable bonds is 4. The molecule has 1 fully saturated rings. The van der Waals surface area contributed by atoms with Crippen molar-refractivity contribution in [3.63, 3.8) is 0 Å². The third kappa shape index (κ3) is 2.46. The van der Waals surface area contributed by atoms with E-state index in [2.05, 4.69) is 0 Å². The van der Waals surface area contributed by atoms with E-state index in [1.807, 2.05) is 6.07 Å². The minimum Gasteiger partial charge on any atom is -0.481 e. The summed E-state index contributed by atoms with van der Waals surface area (Å²) in [5, 5.41) is 17.0. The lowest BCUT2D eigenvalue weighted by Crippen LogP contribution is -2.27. The Balaban J connectivity index is 2.38. The van der Waals surface area contributed by atoms with Crippen molar-refractivity contribution in [2.45, 2.75) is 19.3 Å². The Kier molecular flexibility index (Phi) is 3.46. The van der Waals surface area contributed by atoms with E-state index in [0.717, 1.165) is 0 Å². The first kappa shape index (κ1) is 10.5. The number of carboxylic acids is 1. The van der Waals surface area contributed by atoms with Crippen LogP contribution in [0.4, 0.5) is 0 Å². The van der Waals surface area contributed by atoms with Crippen LogP contribution in [0.1, 0.15) is 19.3 Å². The molecule has 1 aliphatic rings. The summed E-state index contributed by atoms with van der Waals surface area (Å²) in [6.07, 6.45) is 1.12. The third-order valence-corrected chi connectivity index (χ3v) is 2.28. The van der Waals surface area contributed by atoms with Crippen LogP contribution in [0, 0.1) is 17.2 Å². The molecule has 0 aliphatic carbocycles. The van der Waals surface area contributed by atoms with Crippen molar-refractivity contribution in [2.24, 2.45) is 5.92 Å². The molecule has 0 aromatic rings. The zero-order valence-corrected chi connectivity index (χ0v) is 7.77. The Morgan fingerprint density at radius 3 is 2.93 bits per heavy atom. The molecule has 0 aromatic heterocycles. The molecular formula is C9H12N2O3. The highest BCUT2D eigenvalue weighted by atomic mass is 16.4. The summed E-state index contributed by atoms with van der Waals surface area (Å²) in [7, 11) is 0. The largest absolute Gasteiger partial charge is 0.481 e. The Bertz CT molecular complexity index is 282. The lowest BCUT2D eigenvalue weighted by atomic mass is 10.1. The normalized spacial score (nSPS) is 20.9. The van der Waals surface area contributed by atoms with Gasteiger partial charge >= 0.3 is 5.97 Å². The van der Waals surface area contributed by atoms with Gasteiger partial charge in [0, 0.05) is 25.9 Å². The number of aliphatic carboxylic acids is 1. The lowest BCUT2D eigenvalue weighted by molar-refractivity contribution is -0.141. The molecule has 14 heavy (non-hydrogen) atoms. The number of carbonyl (C=O) groups excluding carboxylic acids is 1. The second-order valence-electron chi connectivity index (χ2n) is 3.34. The molecule has 1 N–H and O–H groups in total. The molecule has 0 bridgehead atoms. The van der Waals surface area contributed by atoms with E-state index in [4.69, 9.17) is 10.4 Å². The Morgan fingerprint density at radius 1 is 1.71 bits per heavy atom. The minimum atomic E-state index is -0.916. The Morgan fingerprint density at radius 2 is 2.43 bits per heavy atom. The molecule has 0 radical (unpaired) electrons. The first-order valence-corrected chi connectivity index (χ1v) is 4.52. The van der Waals surface area contributed by atoms with Gasteiger partial charge in [-0.05, 0) is 6.42 Å². The van der Waals surface area contributed by atoms with Crippen molar-refractivity contribution in [1.29, 1.82) is 5.26 Å². The van der Waals surface area contributed by atoms with E-state index < -0.39 is 11.9 Å². The summed E-state index contributed by atoms with van der Waals surface area (Å²) < 4.78 is 0. The quantitative estimate of drug-likeness (QED) is 0.652. The highest BCUT2D eigenvalue weighted by Crippen LogP contribution is 2.18. The number of amides is 1. The van der Waals surface area contributed by atoms with Crippen molar-refractivity contribution < 1.29 is 14.7 Å². The van der Waals surface area contributed by atoms with Crippen molar-refractivity contribution in [2.75, 3.05) is 13.1 Å². The van der Waals surface area contributed by atoms with E-state index in [1.54, 1.807) is 0 Å². The van der Waals surface area contributed by atoms with Gasteiger partial charge in [-0.15, -0.1) is 0 Å². The molecule has 1 saturated heterocycles. The van der Waals surface area contributed by atoms with Gasteiger partial charge in [0.05, 0.1) is 12.0 Å². The molecule has 5 nitrogen and oxygen atoms in total. The highest BCUT2D eigenvalue weighted by molar-refractivity contribution is 5.86. The van der Waals surface area contributed by atoms with Crippen molar-refractivity contribution >= 4 is 11.9 Å². The zero-order valence-electron chi connectivity index (χ0n) is 7.77. The van der Waals surface area contributed by atoms with Crippen LogP contribution < -0.4 is 0 Å². The third-order valence-electron chi connectivity index (χ3n) is 2.28. The summed E-state index contributed by atoms with van der Waals surface area (Å²) in [5.41, 5.74) is 0. The summed E-state index contributed by atoms with van der Waals surface area (Å²) in [4.78, 5) is 23.4. The van der Waals surface area contributed by atoms with E-state index >= 15 is 0 Å². The monoisotopic (exact) mass is 196 g/mol. The highest BCUT2D eigenvalue weighted by Gasteiger charge is 2.33. The number of likely N-dealkylation sites (tertiary alicyclic amines) is 1. The summed E-state index contributed by atoms with van der Waals surface area (Å²) >= 11 is 0. The van der Waals surface area contributed by atoms with Gasteiger partial charge in [-0.1, -0.05) is 0 Å². The van der Waals surface area contributed by atoms with E-state index in [1.165, 1.54) is 4.90 Å². The molecule has 1 amide bonds. The SMILES string of the molecule is N#CCCCN1CC(C(=O)O)CC1=O. The van der Waals surface area contributed by atoms with Gasteiger partial charge in [-0.2, -0.15) is 5.26 Å². The standard InChI is InChI=1S/C9H12N2O3/c10-3-1-2-4-11-6-7(9(13)14)5-8(11)12/h7H,1-2,4-6H2,(H,13,14). The number of hydrogen-bond acceptors (Lipinski definition) is 3. The molecular weight excluding hydrogens is 184 g/mol. The van der Waals surface area contributed by atoms with Gasteiger partial charge < -0.3 is 10.0 Å². The summed E-state index contributed by atoms with van der Waals surface area (Å²) in [6.45, 7) is 0.787. The van der Waals surface area contributed by atoms with Gasteiger partial charge in [0.2, 0.25) is 5.91 Å². The average molecular weight is 196 g/mol. The fourth-order valence-corrected chi connectivity index (χ4v) is 1.50. The first-order chi connectivity index (χ1) is 6.65. The molecule has 0 spiro atoms. The van der Waals surface area contributed by atoms with Crippen molar-refractivity contribution in [1.82, 2.24) is 4.90 Å². The van der Waals surface area contributed by atoms with Crippen LogP contribution in [0.5, 0.6) is 0 Å². The van der Waals surface area contributed by atoms with Crippen LogP contribution in [-0.2, 0) is 9.59 Å². The van der Waals surface area contributed by atoms with E-state index in [9.17, 15) is 9.59 Å². The second-order valence-corrected chi connectivity index (χ2v) is 3.34. The Labute approximate surface area is 81.9 Å². The molecule has 1 heterocycles. The van der Waals surface area contributed by atoms with Crippen LogP contribution >= 0.6 is 0 Å². The number of carboxylic acid groups (broad SMARTS) is 1. The zero-order chi connectivity index (χ0) is 10.6. The van der Waals surface area contributed by atoms with E-state index in [-0.39, 0.29) is 12.3 Å². The average Bonchev–Trinajstić information content (AvgIpc) is 2.49. The maximum Gasteiger partial charge on any atom is 0.308 e. The van der Waals surface area contributed by atoms with Crippen LogP contribution in [0.15, 0.2) is 0 Å². The van der Waals surface area contributed by atoms with Gasteiger partial charge in [0.25, 0.3) is 0 Å². The van der Waals surface area contributed by atoms with Crippen LogP contribution in [0.3, 0.4) is 0 Å². The van der Waals surface area contributed by atoms with Crippen LogP contribution in [-0.4, -0.2) is 35.0 Å². The molecule has 1 aliphatic heterocycles. The summed E-state index contributed by atoms with van der Waals surface area (Å²) in [6, 6.07) is 1.99. The minimum absolute atomic E-state index is 0.0991. The van der Waals surface area contributed by atoms with Crippen LogP contribution in [0.25, 0.3) is 0 Å². The fraction of sp³-hybridized carbons (Fsp3) is 0.667. The van der Waals surface area contributed by atoms with Crippen LogP contribution in [0.2, 0.25) is 0 Å². The first-order valence-electron chi connectivity index (χ1n) is 4.52. The second kappa shape index (κ2) is 4.61. The van der Waals surface area contributed by atoms with Gasteiger partial charge in [-0.25, -0.2) is 0 Å².